The van der Waals surface area contributed by atoms with E-state index in [0.29, 0.717) is 29.8 Å². The van der Waals surface area contributed by atoms with E-state index in [1.54, 1.807) is 24.3 Å². The average molecular weight is 464 g/mol. The molecule has 1 aliphatic carbocycles. The molecule has 2 rings (SSSR count). The molecule has 0 aromatic heterocycles. The number of ether oxygens (including phenoxy) is 2. The lowest BCUT2D eigenvalue weighted by atomic mass is 9.74. The molecule has 1 saturated carbocycles. The van der Waals surface area contributed by atoms with Crippen LogP contribution in [0.1, 0.15) is 44.1 Å². The van der Waals surface area contributed by atoms with Gasteiger partial charge in [-0.05, 0) is 25.3 Å². The highest BCUT2D eigenvalue weighted by Gasteiger charge is 2.48. The highest BCUT2D eigenvalue weighted by molar-refractivity contribution is 6.31. The Labute approximate surface area is 181 Å². The maximum atomic E-state index is 12.9. The Morgan fingerprint density at radius 3 is 2.42 bits per heavy atom. The van der Waals surface area contributed by atoms with Crippen molar-refractivity contribution in [2.45, 2.75) is 50.2 Å². The van der Waals surface area contributed by atoms with Crippen molar-refractivity contribution in [3.8, 4) is 0 Å². The van der Waals surface area contributed by atoms with Crippen LogP contribution in [0.4, 0.5) is 18.0 Å². The summed E-state index contributed by atoms with van der Waals surface area (Å²) in [5.74, 6) is -3.41. The Bertz CT molecular complexity index is 860. The fourth-order valence-corrected chi connectivity index (χ4v) is 3.75. The summed E-state index contributed by atoms with van der Waals surface area (Å²) in [5, 5.41) is 0.304. The van der Waals surface area contributed by atoms with Crippen LogP contribution in [0.25, 0.3) is 0 Å². The largest absolute Gasteiger partial charge is 0.449 e. The van der Waals surface area contributed by atoms with Crippen molar-refractivity contribution < 1.29 is 41.8 Å². The van der Waals surface area contributed by atoms with Gasteiger partial charge in [-0.2, -0.15) is 13.2 Å². The second-order valence-electron chi connectivity index (χ2n) is 6.99. The Morgan fingerprint density at radius 1 is 1.13 bits per heavy atom. The van der Waals surface area contributed by atoms with Crippen LogP contribution < -0.4 is 0 Å². The number of amides is 1. The number of hydrogen-bond acceptors (Lipinski definition) is 6. The minimum absolute atomic E-state index is 0.214. The smallest absolute Gasteiger partial charge is 0.428 e. The zero-order valence-electron chi connectivity index (χ0n) is 16.7. The number of carbonyl (C=O) groups is 4. The number of Topliss-reactive ketones (excluding diaryl/α,β-unsaturated/α-hetero) is 2. The van der Waals surface area contributed by atoms with Crippen molar-refractivity contribution in [3.05, 3.63) is 34.9 Å². The van der Waals surface area contributed by atoms with Crippen LogP contribution in [0.5, 0.6) is 0 Å². The lowest BCUT2D eigenvalue weighted by Crippen LogP contribution is -2.54. The van der Waals surface area contributed by atoms with Crippen LogP contribution in [-0.2, 0) is 29.4 Å². The number of halogens is 4. The van der Waals surface area contributed by atoms with Crippen molar-refractivity contribution in [1.29, 1.82) is 0 Å². The normalized spacial score (nSPS) is 18.9. The second-order valence-corrected chi connectivity index (χ2v) is 7.40. The van der Waals surface area contributed by atoms with Gasteiger partial charge in [0.25, 0.3) is 0 Å². The van der Waals surface area contributed by atoms with E-state index in [2.05, 4.69) is 4.74 Å². The lowest BCUT2D eigenvalue weighted by Gasteiger charge is -2.43. The van der Waals surface area contributed by atoms with Gasteiger partial charge in [0.15, 0.2) is 5.78 Å². The summed E-state index contributed by atoms with van der Waals surface area (Å²) in [7, 11) is 1.36. The highest BCUT2D eigenvalue weighted by Crippen LogP contribution is 2.42. The molecule has 1 atom stereocenters. The Morgan fingerprint density at radius 2 is 1.81 bits per heavy atom. The Balaban J connectivity index is 2.01. The van der Waals surface area contributed by atoms with Gasteiger partial charge in [-0.1, -0.05) is 29.8 Å². The molecule has 0 unspecified atom stereocenters. The van der Waals surface area contributed by atoms with E-state index in [9.17, 15) is 32.3 Å². The monoisotopic (exact) mass is 463 g/mol. The van der Waals surface area contributed by atoms with Gasteiger partial charge in [0.1, 0.15) is 5.54 Å². The maximum absolute atomic E-state index is 12.9. The molecule has 7 nitrogen and oxygen atoms in total. The number of nitrogens with zero attached hydrogens (tertiary/aromatic N) is 1. The summed E-state index contributed by atoms with van der Waals surface area (Å²) >= 11 is 6.29. The molecule has 1 aromatic carbocycles. The minimum atomic E-state index is -5.03. The first-order valence-corrected chi connectivity index (χ1v) is 9.82. The van der Waals surface area contributed by atoms with Gasteiger partial charge in [-0.15, -0.1) is 0 Å². The van der Waals surface area contributed by atoms with Gasteiger partial charge < -0.3 is 9.47 Å². The molecule has 0 aliphatic heterocycles. The molecule has 0 saturated heterocycles. The summed E-state index contributed by atoms with van der Waals surface area (Å²) in [6.07, 6.45) is -6.00. The summed E-state index contributed by atoms with van der Waals surface area (Å²) in [4.78, 5) is 48.8. The number of esters is 1. The van der Waals surface area contributed by atoms with Crippen molar-refractivity contribution in [1.82, 2.24) is 4.90 Å². The summed E-state index contributed by atoms with van der Waals surface area (Å²) in [5.41, 5.74) is -0.903. The molecule has 0 N–H and O–H groups in total. The maximum Gasteiger partial charge on any atom is 0.449 e. The van der Waals surface area contributed by atoms with Crippen LogP contribution in [0.2, 0.25) is 5.02 Å². The van der Waals surface area contributed by atoms with Gasteiger partial charge in [0, 0.05) is 30.5 Å². The van der Waals surface area contributed by atoms with Crippen LogP contribution in [0, 0.1) is 0 Å². The molecule has 0 bridgehead atoms. The third kappa shape index (κ3) is 5.75. The van der Waals surface area contributed by atoms with Gasteiger partial charge in [-0.25, -0.2) is 4.79 Å². The van der Waals surface area contributed by atoms with Gasteiger partial charge in [0.2, 0.25) is 12.6 Å². The van der Waals surface area contributed by atoms with Crippen molar-refractivity contribution >= 4 is 35.2 Å². The number of benzene rings is 1. The summed E-state index contributed by atoms with van der Waals surface area (Å²) in [6, 6.07) is 6.62. The quantitative estimate of drug-likeness (QED) is 0.445. The molecule has 0 spiro atoms. The van der Waals surface area contributed by atoms with E-state index in [1.807, 2.05) is 0 Å². The Hall–Kier alpha value is -2.62. The molecular weight excluding hydrogens is 443 g/mol. The average Bonchev–Trinajstić information content (AvgIpc) is 2.71. The lowest BCUT2D eigenvalue weighted by molar-refractivity contribution is -0.172. The first-order chi connectivity index (χ1) is 14.5. The topological polar surface area (TPSA) is 90.0 Å². The SMILES string of the molecule is CN(C(=O)OCOC(=O)CCC(=O)C(F)(F)F)[C@]1(c2ccccc2Cl)CCCCC1=O. The van der Waals surface area contributed by atoms with E-state index >= 15 is 0 Å². The van der Waals surface area contributed by atoms with Gasteiger partial charge in [0.05, 0.1) is 6.42 Å². The minimum Gasteiger partial charge on any atom is -0.428 e. The zero-order chi connectivity index (χ0) is 23.2. The number of alkyl halides is 3. The first kappa shape index (κ1) is 24.6. The van der Waals surface area contributed by atoms with Crippen molar-refractivity contribution in [2.24, 2.45) is 0 Å². The fourth-order valence-electron chi connectivity index (χ4n) is 3.46. The van der Waals surface area contributed by atoms with Crippen LogP contribution in [0.3, 0.4) is 0 Å². The number of carbonyl (C=O) groups excluding carboxylic acids is 4. The predicted molar refractivity (Wildman–Crippen MR) is 102 cm³/mol. The van der Waals surface area contributed by atoms with Gasteiger partial charge in [-0.3, -0.25) is 19.3 Å². The van der Waals surface area contributed by atoms with Crippen molar-refractivity contribution in [3.63, 3.8) is 0 Å². The molecule has 170 valence electrons. The van der Waals surface area contributed by atoms with Crippen molar-refractivity contribution in [2.75, 3.05) is 13.8 Å². The van der Waals surface area contributed by atoms with Crippen LogP contribution in [0.15, 0.2) is 24.3 Å². The molecule has 0 heterocycles. The molecule has 0 radical (unpaired) electrons. The molecule has 31 heavy (non-hydrogen) atoms. The zero-order valence-corrected chi connectivity index (χ0v) is 17.4. The van der Waals surface area contributed by atoms with E-state index < -0.39 is 49.2 Å². The molecular formula is C20H21ClF3NO6. The number of hydrogen-bond donors (Lipinski definition) is 0. The predicted octanol–water partition coefficient (Wildman–Crippen LogP) is 4.16. The first-order valence-electron chi connectivity index (χ1n) is 9.44. The van der Waals surface area contributed by atoms with Crippen LogP contribution >= 0.6 is 11.6 Å². The Kier molecular flexibility index (Phi) is 8.05. The third-order valence-electron chi connectivity index (χ3n) is 5.09. The number of ketones is 2. The van der Waals surface area contributed by atoms with E-state index in [1.165, 1.54) is 7.05 Å². The second kappa shape index (κ2) is 10.1. The van der Waals surface area contributed by atoms with Gasteiger partial charge >= 0.3 is 18.2 Å². The third-order valence-corrected chi connectivity index (χ3v) is 5.42. The standard InChI is InChI=1S/C20H21ClF3NO6/c1-25(18(29)31-12-30-17(28)10-9-16(27)20(22,23)24)19(11-5-4-8-15(19)26)13-6-2-3-7-14(13)21/h2-3,6-7H,4-5,8-12H2,1H3/t19-/m0/s1. The molecule has 1 fully saturated rings. The highest BCUT2D eigenvalue weighted by atomic mass is 35.5. The number of rotatable bonds is 7. The summed E-state index contributed by atoms with van der Waals surface area (Å²) < 4.78 is 45.9. The molecule has 1 aromatic rings. The van der Waals surface area contributed by atoms with E-state index in [0.717, 1.165) is 4.90 Å². The summed E-state index contributed by atoms with van der Waals surface area (Å²) in [6.45, 7) is -0.880. The fraction of sp³-hybridized carbons (Fsp3) is 0.500. The molecule has 1 aliphatic rings. The molecule has 1 amide bonds. The van der Waals surface area contributed by atoms with Crippen LogP contribution in [-0.4, -0.2) is 48.5 Å². The number of likely N-dealkylation sites (N-methyl/N-ethyl adjacent to an activating group) is 1. The molecule has 11 heteroatoms. The van der Waals surface area contributed by atoms with E-state index in [-0.39, 0.29) is 12.2 Å². The van der Waals surface area contributed by atoms with E-state index in [4.69, 9.17) is 16.3 Å².